The molecule has 0 aliphatic heterocycles. The van der Waals surface area contributed by atoms with E-state index in [0.717, 1.165) is 5.69 Å². The van der Waals surface area contributed by atoms with Crippen LogP contribution in [0, 0.1) is 17.0 Å². The molecule has 2 aromatic heterocycles. The highest BCUT2D eigenvalue weighted by Gasteiger charge is 2.06. The summed E-state index contributed by atoms with van der Waals surface area (Å²) in [6, 6.07) is 4.80. The van der Waals surface area contributed by atoms with Crippen LogP contribution < -0.4 is 0 Å². The van der Waals surface area contributed by atoms with Gasteiger partial charge in [0.05, 0.1) is 10.6 Å². The minimum absolute atomic E-state index is 0.0253. The molecule has 0 aliphatic rings. The van der Waals surface area contributed by atoms with E-state index in [4.69, 9.17) is 0 Å². The molecule has 2 heterocycles. The van der Waals surface area contributed by atoms with Gasteiger partial charge in [-0.3, -0.25) is 10.1 Å². The standard InChI is InChI=1S/C9H8N4O2/c1-7-4-5-12(11-7)9-3-2-8(6-10-9)13(14)15/h2-6H,1H3. The average Bonchev–Trinajstić information content (AvgIpc) is 2.65. The molecule has 0 spiro atoms. The van der Waals surface area contributed by atoms with Crippen LogP contribution in [-0.4, -0.2) is 19.7 Å². The Bertz CT molecular complexity index is 489. The molecule has 0 aliphatic carbocycles. The number of rotatable bonds is 2. The summed E-state index contributed by atoms with van der Waals surface area (Å²) >= 11 is 0. The van der Waals surface area contributed by atoms with Crippen LogP contribution in [0.2, 0.25) is 0 Å². The molecule has 0 saturated carbocycles. The predicted molar refractivity (Wildman–Crippen MR) is 52.8 cm³/mol. The number of nitro groups is 1. The van der Waals surface area contributed by atoms with Crippen molar-refractivity contribution < 1.29 is 4.92 Å². The van der Waals surface area contributed by atoms with E-state index < -0.39 is 4.92 Å². The molecule has 0 aromatic carbocycles. The molecular weight excluding hydrogens is 196 g/mol. The van der Waals surface area contributed by atoms with Crippen LogP contribution in [0.1, 0.15) is 5.69 Å². The fraction of sp³-hybridized carbons (Fsp3) is 0.111. The number of pyridine rings is 1. The van der Waals surface area contributed by atoms with Crippen molar-refractivity contribution in [3.05, 3.63) is 46.4 Å². The molecule has 0 amide bonds. The van der Waals surface area contributed by atoms with Crippen molar-refractivity contribution in [1.29, 1.82) is 0 Å². The van der Waals surface area contributed by atoms with Crippen molar-refractivity contribution in [2.75, 3.05) is 0 Å². The molecule has 6 heteroatoms. The predicted octanol–water partition coefficient (Wildman–Crippen LogP) is 1.48. The molecule has 2 aromatic rings. The minimum Gasteiger partial charge on any atom is -0.258 e. The Morgan fingerprint density at radius 3 is 2.67 bits per heavy atom. The summed E-state index contributed by atoms with van der Waals surface area (Å²) in [5.74, 6) is 0.564. The van der Waals surface area contributed by atoms with E-state index in [0.29, 0.717) is 5.82 Å². The maximum Gasteiger partial charge on any atom is 0.287 e. The first kappa shape index (κ1) is 9.32. The zero-order chi connectivity index (χ0) is 10.8. The summed E-state index contributed by atoms with van der Waals surface area (Å²) in [6.07, 6.45) is 2.97. The Balaban J connectivity index is 2.35. The Hall–Kier alpha value is -2.24. The molecule has 0 saturated heterocycles. The van der Waals surface area contributed by atoms with Gasteiger partial charge in [-0.1, -0.05) is 0 Å². The Morgan fingerprint density at radius 1 is 1.40 bits per heavy atom. The lowest BCUT2D eigenvalue weighted by Gasteiger charge is -1.98. The van der Waals surface area contributed by atoms with Gasteiger partial charge in [-0.2, -0.15) is 5.10 Å². The van der Waals surface area contributed by atoms with Crippen LogP contribution in [0.3, 0.4) is 0 Å². The smallest absolute Gasteiger partial charge is 0.258 e. The van der Waals surface area contributed by atoms with Crippen LogP contribution >= 0.6 is 0 Å². The van der Waals surface area contributed by atoms with Gasteiger partial charge >= 0.3 is 0 Å². The Morgan fingerprint density at radius 2 is 2.20 bits per heavy atom. The van der Waals surface area contributed by atoms with Crippen molar-refractivity contribution in [2.45, 2.75) is 6.92 Å². The number of aromatic nitrogens is 3. The quantitative estimate of drug-likeness (QED) is 0.548. The maximum atomic E-state index is 10.4. The highest BCUT2D eigenvalue weighted by Crippen LogP contribution is 2.11. The Kier molecular flexibility index (Phi) is 2.17. The number of hydrogen-bond donors (Lipinski definition) is 0. The molecule has 0 bridgehead atoms. The van der Waals surface area contributed by atoms with Gasteiger partial charge in [0, 0.05) is 12.3 Å². The average molecular weight is 204 g/mol. The lowest BCUT2D eigenvalue weighted by molar-refractivity contribution is -0.385. The van der Waals surface area contributed by atoms with Crippen LogP contribution in [0.15, 0.2) is 30.6 Å². The molecule has 0 N–H and O–H groups in total. The zero-order valence-electron chi connectivity index (χ0n) is 7.99. The molecule has 15 heavy (non-hydrogen) atoms. The number of hydrogen-bond acceptors (Lipinski definition) is 4. The van der Waals surface area contributed by atoms with Crippen molar-refractivity contribution in [3.63, 3.8) is 0 Å². The van der Waals surface area contributed by atoms with E-state index in [1.165, 1.54) is 12.3 Å². The second kappa shape index (κ2) is 3.49. The highest BCUT2D eigenvalue weighted by atomic mass is 16.6. The minimum atomic E-state index is -0.481. The largest absolute Gasteiger partial charge is 0.287 e. The van der Waals surface area contributed by atoms with E-state index in [-0.39, 0.29) is 5.69 Å². The maximum absolute atomic E-state index is 10.4. The van der Waals surface area contributed by atoms with E-state index in [2.05, 4.69) is 10.1 Å². The van der Waals surface area contributed by atoms with Gasteiger partial charge in [-0.05, 0) is 19.1 Å². The lowest BCUT2D eigenvalue weighted by atomic mass is 10.4. The van der Waals surface area contributed by atoms with Gasteiger partial charge in [0.15, 0.2) is 5.82 Å². The first-order valence-corrected chi connectivity index (χ1v) is 4.30. The highest BCUT2D eigenvalue weighted by molar-refractivity contribution is 5.32. The van der Waals surface area contributed by atoms with Crippen LogP contribution in [-0.2, 0) is 0 Å². The zero-order valence-corrected chi connectivity index (χ0v) is 7.99. The summed E-state index contributed by atoms with van der Waals surface area (Å²) in [4.78, 5) is 13.9. The third kappa shape index (κ3) is 1.83. The van der Waals surface area contributed by atoms with Gasteiger partial charge in [-0.15, -0.1) is 0 Å². The molecule has 0 fully saturated rings. The molecule has 2 rings (SSSR count). The normalized spacial score (nSPS) is 10.2. The van der Waals surface area contributed by atoms with Crippen molar-refractivity contribution in [1.82, 2.24) is 14.8 Å². The summed E-state index contributed by atoms with van der Waals surface area (Å²) in [7, 11) is 0. The summed E-state index contributed by atoms with van der Waals surface area (Å²) in [6.45, 7) is 1.86. The summed E-state index contributed by atoms with van der Waals surface area (Å²) in [5.41, 5.74) is 0.845. The first-order valence-electron chi connectivity index (χ1n) is 4.30. The molecular formula is C9H8N4O2. The molecule has 0 atom stereocenters. The van der Waals surface area contributed by atoms with Crippen molar-refractivity contribution >= 4 is 5.69 Å². The third-order valence-corrected chi connectivity index (χ3v) is 1.90. The molecule has 0 unspecified atom stereocenters. The van der Waals surface area contributed by atoms with E-state index >= 15 is 0 Å². The molecule has 0 radical (unpaired) electrons. The van der Waals surface area contributed by atoms with Crippen LogP contribution in [0.5, 0.6) is 0 Å². The second-order valence-corrected chi connectivity index (χ2v) is 3.03. The monoisotopic (exact) mass is 204 g/mol. The Labute approximate surface area is 85.3 Å². The van der Waals surface area contributed by atoms with E-state index in [1.807, 2.05) is 13.0 Å². The lowest BCUT2D eigenvalue weighted by Crippen LogP contribution is -1.98. The fourth-order valence-electron chi connectivity index (χ4n) is 1.16. The van der Waals surface area contributed by atoms with Crippen molar-refractivity contribution in [3.8, 4) is 5.82 Å². The SMILES string of the molecule is Cc1ccn(-c2ccc([N+](=O)[O-])cn2)n1. The van der Waals surface area contributed by atoms with Gasteiger partial charge in [-0.25, -0.2) is 9.67 Å². The summed E-state index contributed by atoms with van der Waals surface area (Å²) < 4.78 is 1.57. The molecule has 6 nitrogen and oxygen atoms in total. The van der Waals surface area contributed by atoms with Crippen LogP contribution in [0.4, 0.5) is 5.69 Å². The van der Waals surface area contributed by atoms with Crippen molar-refractivity contribution in [2.24, 2.45) is 0 Å². The third-order valence-electron chi connectivity index (χ3n) is 1.90. The number of nitrogens with zero attached hydrogens (tertiary/aromatic N) is 4. The fourth-order valence-corrected chi connectivity index (χ4v) is 1.16. The van der Waals surface area contributed by atoms with E-state index in [9.17, 15) is 10.1 Å². The van der Waals surface area contributed by atoms with Gasteiger partial charge in [0.2, 0.25) is 0 Å². The first-order chi connectivity index (χ1) is 7.16. The van der Waals surface area contributed by atoms with Crippen LogP contribution in [0.25, 0.3) is 5.82 Å². The second-order valence-electron chi connectivity index (χ2n) is 3.03. The van der Waals surface area contributed by atoms with Gasteiger partial charge < -0.3 is 0 Å². The number of aryl methyl sites for hydroxylation is 1. The molecule has 76 valence electrons. The van der Waals surface area contributed by atoms with E-state index in [1.54, 1.807) is 16.9 Å². The summed E-state index contributed by atoms with van der Waals surface area (Å²) in [5, 5.41) is 14.5. The van der Waals surface area contributed by atoms with Gasteiger partial charge in [0.25, 0.3) is 5.69 Å². The van der Waals surface area contributed by atoms with Gasteiger partial charge in [0.1, 0.15) is 6.20 Å². The topological polar surface area (TPSA) is 73.8 Å².